The van der Waals surface area contributed by atoms with Gasteiger partial charge in [-0.25, -0.2) is 17.7 Å². The van der Waals surface area contributed by atoms with Crippen LogP contribution in [-0.4, -0.2) is 31.8 Å². The smallest absolute Gasteiger partial charge is 0.245 e. The zero-order valence-electron chi connectivity index (χ0n) is 14.7. The maximum atomic E-state index is 13.2. The number of rotatable bonds is 5. The van der Waals surface area contributed by atoms with Gasteiger partial charge in [0.25, 0.3) is 0 Å². The van der Waals surface area contributed by atoms with Crippen molar-refractivity contribution in [1.29, 1.82) is 5.26 Å². The van der Waals surface area contributed by atoms with Crippen LogP contribution in [0.15, 0.2) is 40.3 Å². The summed E-state index contributed by atoms with van der Waals surface area (Å²) in [6.07, 6.45) is -4.66. The highest BCUT2D eigenvalue weighted by molar-refractivity contribution is 7.98. The van der Waals surface area contributed by atoms with Gasteiger partial charge in [0, 0.05) is 25.5 Å². The molecule has 1 aromatic heterocycles. The van der Waals surface area contributed by atoms with Crippen molar-refractivity contribution < 1.29 is 21.6 Å². The van der Waals surface area contributed by atoms with Crippen molar-refractivity contribution in [1.82, 2.24) is 9.29 Å². The van der Waals surface area contributed by atoms with Gasteiger partial charge in [0.1, 0.15) is 11.1 Å². The van der Waals surface area contributed by atoms with Crippen molar-refractivity contribution >= 4 is 21.8 Å². The summed E-state index contributed by atoms with van der Waals surface area (Å²) in [5.41, 5.74) is -0.824. The van der Waals surface area contributed by atoms with Gasteiger partial charge in [0.15, 0.2) is 0 Å². The third-order valence-electron chi connectivity index (χ3n) is 3.58. The maximum Gasteiger partial charge on any atom is 0.417 e. The normalized spacial score (nSPS) is 12.2. The number of aryl methyl sites for hydroxylation is 1. The molecule has 0 saturated heterocycles. The molecule has 2 rings (SSSR count). The summed E-state index contributed by atoms with van der Waals surface area (Å²) in [5.74, 6) is 0.166. The van der Waals surface area contributed by atoms with E-state index in [1.807, 2.05) is 0 Å². The summed E-state index contributed by atoms with van der Waals surface area (Å²) in [5, 5.41) is 9.14. The summed E-state index contributed by atoms with van der Waals surface area (Å²) >= 11 is 0.955. The molecule has 1 aromatic carbocycles. The van der Waals surface area contributed by atoms with Gasteiger partial charge in [-0.1, -0.05) is 12.1 Å². The van der Waals surface area contributed by atoms with E-state index in [2.05, 4.69) is 4.98 Å². The van der Waals surface area contributed by atoms with E-state index in [1.54, 1.807) is 18.2 Å². The number of aromatic nitrogens is 1. The second kappa shape index (κ2) is 7.88. The van der Waals surface area contributed by atoms with E-state index >= 15 is 0 Å². The van der Waals surface area contributed by atoms with Gasteiger partial charge in [-0.15, -0.1) is 11.8 Å². The third kappa shape index (κ3) is 4.80. The number of hydrogen-bond acceptors (Lipinski definition) is 5. The van der Waals surface area contributed by atoms with Crippen molar-refractivity contribution in [3.8, 4) is 6.07 Å². The Hall–Kier alpha value is -2.09. The summed E-state index contributed by atoms with van der Waals surface area (Å²) in [4.78, 5) is 4.13. The lowest BCUT2D eigenvalue weighted by atomic mass is 10.1. The van der Waals surface area contributed by atoms with Crippen LogP contribution in [0.1, 0.15) is 22.4 Å². The van der Waals surface area contributed by atoms with Crippen molar-refractivity contribution in [2.45, 2.75) is 28.8 Å². The monoisotopic (exact) mass is 415 g/mol. The first kappa shape index (κ1) is 21.2. The average Bonchev–Trinajstić information content (AvgIpc) is 2.58. The molecule has 27 heavy (non-hydrogen) atoms. The Morgan fingerprint density at radius 2 is 1.93 bits per heavy atom. The number of halogens is 3. The first-order valence-corrected chi connectivity index (χ1v) is 10.0. The van der Waals surface area contributed by atoms with E-state index in [0.717, 1.165) is 22.1 Å². The van der Waals surface area contributed by atoms with Gasteiger partial charge in [-0.3, -0.25) is 0 Å². The van der Waals surface area contributed by atoms with Gasteiger partial charge in [0.2, 0.25) is 10.0 Å². The van der Waals surface area contributed by atoms with Crippen LogP contribution in [0.2, 0.25) is 0 Å². The quantitative estimate of drug-likeness (QED) is 0.694. The van der Waals surface area contributed by atoms with Crippen LogP contribution in [0.5, 0.6) is 0 Å². The molecular formula is C17H16F3N3O2S2. The fourth-order valence-electron chi connectivity index (χ4n) is 2.24. The number of benzene rings is 1. The van der Waals surface area contributed by atoms with Crippen molar-refractivity contribution in [2.75, 3.05) is 14.1 Å². The second-order valence-corrected chi connectivity index (χ2v) is 8.94. The molecular weight excluding hydrogens is 399 g/mol. The van der Waals surface area contributed by atoms with Crippen molar-refractivity contribution in [3.05, 3.63) is 52.7 Å². The molecule has 0 unspecified atom stereocenters. The Labute approximate surface area is 159 Å². The number of thioether (sulfide) groups is 1. The Morgan fingerprint density at radius 3 is 2.48 bits per heavy atom. The van der Waals surface area contributed by atoms with Gasteiger partial charge in [-0.2, -0.15) is 18.4 Å². The fraction of sp³-hybridized carbons (Fsp3) is 0.294. The lowest BCUT2D eigenvalue weighted by Gasteiger charge is -2.14. The first-order chi connectivity index (χ1) is 12.5. The SMILES string of the molecule is Cc1cc(C(F)(F)F)c(C#N)c(SCc2cccc(S(=O)(=O)N(C)C)c2)n1. The van der Waals surface area contributed by atoms with Crippen LogP contribution in [0.25, 0.3) is 0 Å². The molecule has 0 N–H and O–H groups in total. The molecule has 144 valence electrons. The number of hydrogen-bond donors (Lipinski definition) is 0. The molecule has 0 atom stereocenters. The van der Waals surface area contributed by atoms with Crippen LogP contribution in [0, 0.1) is 18.3 Å². The molecule has 0 aliphatic heterocycles. The predicted molar refractivity (Wildman–Crippen MR) is 95.6 cm³/mol. The average molecular weight is 415 g/mol. The summed E-state index contributed by atoms with van der Waals surface area (Å²) in [6, 6.07) is 8.53. The highest BCUT2D eigenvalue weighted by Crippen LogP contribution is 2.36. The van der Waals surface area contributed by atoms with E-state index in [1.165, 1.54) is 33.2 Å². The van der Waals surface area contributed by atoms with Crippen LogP contribution < -0.4 is 0 Å². The van der Waals surface area contributed by atoms with E-state index < -0.39 is 27.3 Å². The predicted octanol–water partition coefficient (Wildman–Crippen LogP) is 3.82. The second-order valence-electron chi connectivity index (χ2n) is 5.82. The Morgan fingerprint density at radius 1 is 1.26 bits per heavy atom. The van der Waals surface area contributed by atoms with Crippen LogP contribution in [0.3, 0.4) is 0 Å². The molecule has 0 spiro atoms. The molecule has 5 nitrogen and oxygen atoms in total. The third-order valence-corrected chi connectivity index (χ3v) is 6.44. The fourth-order valence-corrected chi connectivity index (χ4v) is 4.20. The minimum absolute atomic E-state index is 0.0364. The maximum absolute atomic E-state index is 13.2. The lowest BCUT2D eigenvalue weighted by molar-refractivity contribution is -0.138. The van der Waals surface area contributed by atoms with E-state index in [9.17, 15) is 26.9 Å². The molecule has 2 aromatic rings. The summed E-state index contributed by atoms with van der Waals surface area (Å²) < 4.78 is 64.9. The molecule has 0 aliphatic rings. The minimum atomic E-state index is -4.66. The zero-order chi connectivity index (χ0) is 20.4. The lowest BCUT2D eigenvalue weighted by Crippen LogP contribution is -2.22. The standard InChI is InChI=1S/C17H16F3N3O2S2/c1-11-7-15(17(18,19)20)14(9-21)16(22-11)26-10-12-5-4-6-13(8-12)27(24,25)23(2)3/h4-8H,10H2,1-3H3. The van der Waals surface area contributed by atoms with Crippen LogP contribution in [-0.2, 0) is 22.0 Å². The molecule has 0 bridgehead atoms. The highest BCUT2D eigenvalue weighted by Gasteiger charge is 2.35. The molecule has 10 heteroatoms. The topological polar surface area (TPSA) is 74.1 Å². The number of alkyl halides is 3. The number of nitriles is 1. The number of pyridine rings is 1. The largest absolute Gasteiger partial charge is 0.417 e. The Kier molecular flexibility index (Phi) is 6.19. The first-order valence-electron chi connectivity index (χ1n) is 7.60. The van der Waals surface area contributed by atoms with Crippen molar-refractivity contribution in [3.63, 3.8) is 0 Å². The van der Waals surface area contributed by atoms with E-state index in [-0.39, 0.29) is 21.4 Å². The van der Waals surface area contributed by atoms with Crippen molar-refractivity contribution in [2.24, 2.45) is 0 Å². The van der Waals surface area contributed by atoms with Gasteiger partial charge in [0.05, 0.1) is 16.0 Å². The van der Waals surface area contributed by atoms with Crippen LogP contribution in [0.4, 0.5) is 13.2 Å². The molecule has 1 heterocycles. The Bertz CT molecular complexity index is 997. The summed E-state index contributed by atoms with van der Waals surface area (Å²) in [7, 11) is -0.805. The minimum Gasteiger partial charge on any atom is -0.245 e. The molecule has 0 aliphatic carbocycles. The zero-order valence-corrected chi connectivity index (χ0v) is 16.3. The highest BCUT2D eigenvalue weighted by atomic mass is 32.2. The van der Waals surface area contributed by atoms with Gasteiger partial charge >= 0.3 is 6.18 Å². The summed E-state index contributed by atoms with van der Waals surface area (Å²) in [6.45, 7) is 1.42. The van der Waals surface area contributed by atoms with Gasteiger partial charge in [-0.05, 0) is 30.7 Å². The molecule has 0 fully saturated rings. The van der Waals surface area contributed by atoms with E-state index in [4.69, 9.17) is 0 Å². The molecule has 0 amide bonds. The van der Waals surface area contributed by atoms with Gasteiger partial charge < -0.3 is 0 Å². The van der Waals surface area contributed by atoms with Crippen LogP contribution >= 0.6 is 11.8 Å². The number of sulfonamides is 1. The van der Waals surface area contributed by atoms with E-state index in [0.29, 0.717) is 5.56 Å². The Balaban J connectivity index is 2.36. The number of nitrogens with zero attached hydrogens (tertiary/aromatic N) is 3. The molecule has 0 saturated carbocycles. The molecule has 0 radical (unpaired) electrons.